The maximum atomic E-state index is 12.8. The van der Waals surface area contributed by atoms with E-state index in [0.29, 0.717) is 0 Å². The molecule has 2 fully saturated rings. The molecule has 0 saturated carbocycles. The standard InChI is InChI=1S/C17H25N3O2S.C2HF3O2/c1-18(2)15(21)12-20-9-6-17(16(20)22)4-7-19(8-5-17)11-14-3-10-23-13-14;3-2(4,5)1(6)7/h3,10,13H,4-9,11-12H2,1-2H3;(H,6,7). The second-order valence-corrected chi connectivity index (χ2v) is 8.54. The average Bonchev–Trinajstić information content (AvgIpc) is 3.27. The maximum Gasteiger partial charge on any atom is 0.490 e. The highest BCUT2D eigenvalue weighted by Gasteiger charge is 2.48. The van der Waals surface area contributed by atoms with Crippen LogP contribution < -0.4 is 0 Å². The molecular formula is C19H26F3N3O4S. The van der Waals surface area contributed by atoms with Gasteiger partial charge in [-0.2, -0.15) is 24.5 Å². The molecule has 1 spiro atoms. The highest BCUT2D eigenvalue weighted by Crippen LogP contribution is 2.41. The Bertz CT molecular complexity index is 745. The van der Waals surface area contributed by atoms with Gasteiger partial charge in [-0.1, -0.05) is 0 Å². The fraction of sp³-hybridized carbons (Fsp3) is 0.632. The van der Waals surface area contributed by atoms with E-state index in [4.69, 9.17) is 9.90 Å². The Balaban J connectivity index is 0.000000396. The van der Waals surface area contributed by atoms with Gasteiger partial charge in [-0.3, -0.25) is 14.5 Å². The van der Waals surface area contributed by atoms with Crippen molar-refractivity contribution in [2.24, 2.45) is 5.41 Å². The summed E-state index contributed by atoms with van der Waals surface area (Å²) < 4.78 is 31.7. The zero-order valence-corrected chi connectivity index (χ0v) is 17.8. The first-order valence-electron chi connectivity index (χ1n) is 9.48. The summed E-state index contributed by atoms with van der Waals surface area (Å²) in [5.74, 6) is -2.55. The molecule has 1 aromatic rings. The number of likely N-dealkylation sites (N-methyl/N-ethyl adjacent to an activating group) is 1. The van der Waals surface area contributed by atoms with E-state index in [0.717, 1.165) is 45.4 Å². The van der Waals surface area contributed by atoms with Gasteiger partial charge in [-0.25, -0.2) is 4.79 Å². The van der Waals surface area contributed by atoms with Crippen molar-refractivity contribution in [3.05, 3.63) is 22.4 Å². The van der Waals surface area contributed by atoms with Gasteiger partial charge in [0, 0.05) is 27.2 Å². The molecule has 0 atom stereocenters. The van der Waals surface area contributed by atoms with Gasteiger partial charge in [0.1, 0.15) is 0 Å². The molecule has 2 aliphatic rings. The highest BCUT2D eigenvalue weighted by atomic mass is 32.1. The van der Waals surface area contributed by atoms with E-state index in [-0.39, 0.29) is 23.8 Å². The number of rotatable bonds is 4. The molecule has 2 aliphatic heterocycles. The van der Waals surface area contributed by atoms with E-state index in [9.17, 15) is 22.8 Å². The average molecular weight is 449 g/mol. The summed E-state index contributed by atoms with van der Waals surface area (Å²) in [5, 5.41) is 11.4. The summed E-state index contributed by atoms with van der Waals surface area (Å²) in [7, 11) is 3.48. The van der Waals surface area contributed by atoms with Crippen molar-refractivity contribution >= 4 is 29.1 Å². The van der Waals surface area contributed by atoms with Crippen molar-refractivity contribution in [3.8, 4) is 0 Å². The molecule has 3 heterocycles. The number of thiophene rings is 1. The number of hydrogen-bond donors (Lipinski definition) is 1. The zero-order valence-electron chi connectivity index (χ0n) is 16.9. The largest absolute Gasteiger partial charge is 0.490 e. The Labute approximate surface area is 177 Å². The lowest BCUT2D eigenvalue weighted by molar-refractivity contribution is -0.192. The van der Waals surface area contributed by atoms with Crippen LogP contribution in [0.5, 0.6) is 0 Å². The van der Waals surface area contributed by atoms with E-state index < -0.39 is 12.1 Å². The fourth-order valence-corrected chi connectivity index (χ4v) is 4.25. The first kappa shape index (κ1) is 24.1. The third-order valence-corrected chi connectivity index (χ3v) is 6.20. The van der Waals surface area contributed by atoms with Crippen LogP contribution in [0.1, 0.15) is 24.8 Å². The van der Waals surface area contributed by atoms with Gasteiger partial charge in [0.2, 0.25) is 11.8 Å². The second-order valence-electron chi connectivity index (χ2n) is 7.76. The molecule has 0 unspecified atom stereocenters. The van der Waals surface area contributed by atoms with Crippen molar-refractivity contribution in [1.82, 2.24) is 14.7 Å². The molecule has 0 bridgehead atoms. The van der Waals surface area contributed by atoms with Crippen LogP contribution in [0.4, 0.5) is 13.2 Å². The number of hydrogen-bond acceptors (Lipinski definition) is 5. The molecule has 0 aromatic carbocycles. The fourth-order valence-electron chi connectivity index (χ4n) is 3.59. The monoisotopic (exact) mass is 449 g/mol. The number of halogens is 3. The topological polar surface area (TPSA) is 81.2 Å². The number of likely N-dealkylation sites (tertiary alicyclic amines) is 2. The first-order valence-corrected chi connectivity index (χ1v) is 10.4. The highest BCUT2D eigenvalue weighted by molar-refractivity contribution is 7.07. The molecule has 3 rings (SSSR count). The van der Waals surface area contributed by atoms with Gasteiger partial charge in [0.15, 0.2) is 0 Å². The predicted octanol–water partition coefficient (Wildman–Crippen LogP) is 2.28. The van der Waals surface area contributed by atoms with E-state index in [2.05, 4.69) is 21.7 Å². The van der Waals surface area contributed by atoms with E-state index in [1.54, 1.807) is 35.2 Å². The molecule has 7 nitrogen and oxygen atoms in total. The van der Waals surface area contributed by atoms with Gasteiger partial charge in [0.05, 0.1) is 12.0 Å². The molecule has 0 aliphatic carbocycles. The molecular weight excluding hydrogens is 423 g/mol. The van der Waals surface area contributed by atoms with Crippen molar-refractivity contribution < 1.29 is 32.7 Å². The summed E-state index contributed by atoms with van der Waals surface area (Å²) >= 11 is 1.73. The second kappa shape index (κ2) is 9.78. The van der Waals surface area contributed by atoms with Crippen LogP contribution in [0.3, 0.4) is 0 Å². The number of alkyl halides is 3. The number of carboxylic acid groups (broad SMARTS) is 1. The van der Waals surface area contributed by atoms with Crippen LogP contribution in [-0.4, -0.2) is 84.0 Å². The minimum absolute atomic E-state index is 0.00490. The lowest BCUT2D eigenvalue weighted by Crippen LogP contribution is -2.46. The predicted molar refractivity (Wildman–Crippen MR) is 105 cm³/mol. The SMILES string of the molecule is CN(C)C(=O)CN1CCC2(CCN(Cc3ccsc3)CC2)C1=O.O=C(O)C(F)(F)F. The number of carboxylic acids is 1. The van der Waals surface area contributed by atoms with Crippen LogP contribution in [0.15, 0.2) is 16.8 Å². The van der Waals surface area contributed by atoms with Crippen LogP contribution in [0, 0.1) is 5.41 Å². The molecule has 2 saturated heterocycles. The Morgan fingerprint density at radius 2 is 1.77 bits per heavy atom. The number of carbonyl (C=O) groups is 3. The van der Waals surface area contributed by atoms with Crippen molar-refractivity contribution in [1.29, 1.82) is 0 Å². The van der Waals surface area contributed by atoms with Gasteiger partial charge >= 0.3 is 12.1 Å². The molecule has 30 heavy (non-hydrogen) atoms. The summed E-state index contributed by atoms with van der Waals surface area (Å²) in [4.78, 5) is 39.3. The van der Waals surface area contributed by atoms with E-state index in [1.807, 2.05) is 0 Å². The number of carbonyl (C=O) groups excluding carboxylic acids is 2. The molecule has 1 aromatic heterocycles. The lowest BCUT2D eigenvalue weighted by Gasteiger charge is -2.37. The van der Waals surface area contributed by atoms with Crippen LogP contribution in [-0.2, 0) is 20.9 Å². The summed E-state index contributed by atoms with van der Waals surface area (Å²) in [6, 6.07) is 2.17. The van der Waals surface area contributed by atoms with Gasteiger partial charge in [-0.15, -0.1) is 0 Å². The van der Waals surface area contributed by atoms with Crippen molar-refractivity contribution in [2.45, 2.75) is 32.0 Å². The minimum Gasteiger partial charge on any atom is -0.475 e. The van der Waals surface area contributed by atoms with Crippen molar-refractivity contribution in [3.63, 3.8) is 0 Å². The Morgan fingerprint density at radius 3 is 2.23 bits per heavy atom. The number of piperidine rings is 1. The number of amides is 2. The zero-order chi connectivity index (χ0) is 22.5. The summed E-state index contributed by atoms with van der Waals surface area (Å²) in [5.41, 5.74) is 1.15. The number of aliphatic carboxylic acids is 1. The number of nitrogens with zero attached hydrogens (tertiary/aromatic N) is 3. The van der Waals surface area contributed by atoms with E-state index >= 15 is 0 Å². The normalized spacial score (nSPS) is 18.8. The summed E-state index contributed by atoms with van der Waals surface area (Å²) in [6.45, 7) is 3.87. The minimum atomic E-state index is -5.08. The molecule has 11 heteroatoms. The quantitative estimate of drug-likeness (QED) is 0.763. The van der Waals surface area contributed by atoms with Gasteiger partial charge in [-0.05, 0) is 54.7 Å². The molecule has 0 radical (unpaired) electrons. The Kier molecular flexibility index (Phi) is 7.87. The van der Waals surface area contributed by atoms with E-state index in [1.165, 1.54) is 5.56 Å². The lowest BCUT2D eigenvalue weighted by atomic mass is 9.77. The molecule has 168 valence electrons. The Morgan fingerprint density at radius 1 is 1.20 bits per heavy atom. The molecule has 2 amide bonds. The molecule has 1 N–H and O–H groups in total. The van der Waals surface area contributed by atoms with Gasteiger partial charge < -0.3 is 14.9 Å². The smallest absolute Gasteiger partial charge is 0.475 e. The van der Waals surface area contributed by atoms with Crippen LogP contribution in [0.2, 0.25) is 0 Å². The summed E-state index contributed by atoms with van der Waals surface area (Å²) in [6.07, 6.45) is -2.34. The maximum absolute atomic E-state index is 12.8. The van der Waals surface area contributed by atoms with Crippen LogP contribution >= 0.6 is 11.3 Å². The van der Waals surface area contributed by atoms with Gasteiger partial charge in [0.25, 0.3) is 0 Å². The first-order chi connectivity index (χ1) is 13.9. The third kappa shape index (κ3) is 6.18. The van der Waals surface area contributed by atoms with Crippen molar-refractivity contribution in [2.75, 3.05) is 40.3 Å². The third-order valence-electron chi connectivity index (χ3n) is 5.47. The van der Waals surface area contributed by atoms with Crippen LogP contribution in [0.25, 0.3) is 0 Å². The Hall–Kier alpha value is -2.14.